The molecule has 36 heavy (non-hydrogen) atoms. The van der Waals surface area contributed by atoms with E-state index in [1.807, 2.05) is 6.07 Å². The molecule has 1 saturated heterocycles. The van der Waals surface area contributed by atoms with Crippen molar-refractivity contribution in [1.82, 2.24) is 4.90 Å². The van der Waals surface area contributed by atoms with Crippen LogP contribution in [-0.2, 0) is 4.74 Å². The van der Waals surface area contributed by atoms with Crippen molar-refractivity contribution in [2.24, 2.45) is 5.92 Å². The zero-order chi connectivity index (χ0) is 25.4. The van der Waals surface area contributed by atoms with Gasteiger partial charge >= 0.3 is 0 Å². The first kappa shape index (κ1) is 24.3. The van der Waals surface area contributed by atoms with E-state index in [9.17, 15) is 14.0 Å². The van der Waals surface area contributed by atoms with Gasteiger partial charge in [-0.2, -0.15) is 0 Å². The van der Waals surface area contributed by atoms with Crippen LogP contribution in [0.1, 0.15) is 60.8 Å². The Balaban J connectivity index is 1.60. The van der Waals surface area contributed by atoms with Gasteiger partial charge in [-0.25, -0.2) is 4.39 Å². The molecule has 1 fully saturated rings. The zero-order valence-electron chi connectivity index (χ0n) is 20.7. The third-order valence-electron chi connectivity index (χ3n) is 6.81. The number of carbonyl (C=O) groups excluding carboxylic acids is 1. The van der Waals surface area contributed by atoms with Gasteiger partial charge in [-0.1, -0.05) is 19.9 Å². The number of ether oxygens (including phenoxy) is 3. The average molecular weight is 496 g/mol. The van der Waals surface area contributed by atoms with Gasteiger partial charge in [0.25, 0.3) is 5.91 Å². The molecule has 1 aromatic heterocycles. The number of halogens is 1. The summed E-state index contributed by atoms with van der Waals surface area (Å²) in [7, 11) is 1.55. The number of carbonyl (C=O) groups is 1. The van der Waals surface area contributed by atoms with E-state index >= 15 is 0 Å². The summed E-state index contributed by atoms with van der Waals surface area (Å²) in [5.74, 6) is 0.650. The molecular formula is C28H30FNO6. The van der Waals surface area contributed by atoms with Gasteiger partial charge in [0.2, 0.25) is 5.76 Å². The molecule has 3 heterocycles. The Labute approximate surface area is 208 Å². The quantitative estimate of drug-likeness (QED) is 0.433. The standard InChI is InChI=1S/C28H30FNO6/c1-16(2)10-12-35-22-8-6-17(13-23(22)33-3)25-24-26(31)20-14-18(29)7-9-21(20)36-27(24)28(32)30(25)15-19-5-4-11-34-19/h6-9,13-14,16,19,25H,4-5,10-12,15H2,1-3H3/t19-,25+/m0/s1. The Morgan fingerprint density at radius 2 is 1.97 bits per heavy atom. The fourth-order valence-corrected chi connectivity index (χ4v) is 4.91. The van der Waals surface area contributed by atoms with Gasteiger partial charge in [-0.3, -0.25) is 9.59 Å². The van der Waals surface area contributed by atoms with Crippen molar-refractivity contribution in [2.75, 3.05) is 26.9 Å². The fraction of sp³-hybridized carbons (Fsp3) is 0.429. The lowest BCUT2D eigenvalue weighted by Gasteiger charge is -2.28. The van der Waals surface area contributed by atoms with Crippen LogP contribution in [0.3, 0.4) is 0 Å². The zero-order valence-corrected chi connectivity index (χ0v) is 20.7. The monoisotopic (exact) mass is 495 g/mol. The van der Waals surface area contributed by atoms with E-state index in [0.717, 1.165) is 25.3 Å². The molecule has 0 N–H and O–H groups in total. The summed E-state index contributed by atoms with van der Waals surface area (Å²) in [5, 5.41) is 0.103. The molecule has 7 nitrogen and oxygen atoms in total. The van der Waals surface area contributed by atoms with Gasteiger partial charge in [0.1, 0.15) is 11.4 Å². The van der Waals surface area contributed by atoms with Gasteiger partial charge < -0.3 is 23.5 Å². The first-order chi connectivity index (χ1) is 17.4. The van der Waals surface area contributed by atoms with Gasteiger partial charge in [0.05, 0.1) is 36.8 Å². The van der Waals surface area contributed by atoms with E-state index in [-0.39, 0.29) is 34.3 Å². The summed E-state index contributed by atoms with van der Waals surface area (Å²) in [4.78, 5) is 28.8. The largest absolute Gasteiger partial charge is 0.493 e. The van der Waals surface area contributed by atoms with Crippen LogP contribution in [0, 0.1) is 11.7 Å². The van der Waals surface area contributed by atoms with Crippen LogP contribution in [0.15, 0.2) is 45.6 Å². The van der Waals surface area contributed by atoms with Crippen LogP contribution in [0.4, 0.5) is 4.39 Å². The second-order valence-corrected chi connectivity index (χ2v) is 9.75. The molecule has 0 spiro atoms. The third-order valence-corrected chi connectivity index (χ3v) is 6.81. The molecule has 2 aliphatic heterocycles. The molecule has 190 valence electrons. The number of amides is 1. The highest BCUT2D eigenvalue weighted by atomic mass is 19.1. The van der Waals surface area contributed by atoms with Gasteiger partial charge in [0.15, 0.2) is 16.9 Å². The van der Waals surface area contributed by atoms with Crippen LogP contribution in [0.5, 0.6) is 11.5 Å². The van der Waals surface area contributed by atoms with Crippen molar-refractivity contribution in [3.05, 3.63) is 69.3 Å². The minimum atomic E-state index is -0.723. The summed E-state index contributed by atoms with van der Waals surface area (Å²) in [5.41, 5.74) is 0.635. The Morgan fingerprint density at radius 3 is 2.69 bits per heavy atom. The number of methoxy groups -OCH3 is 1. The number of hydrogen-bond acceptors (Lipinski definition) is 6. The lowest BCUT2D eigenvalue weighted by atomic mass is 9.97. The van der Waals surface area contributed by atoms with Crippen molar-refractivity contribution >= 4 is 16.9 Å². The van der Waals surface area contributed by atoms with Crippen LogP contribution in [0.2, 0.25) is 0 Å². The number of rotatable bonds is 8. The fourth-order valence-electron chi connectivity index (χ4n) is 4.91. The van der Waals surface area contributed by atoms with Gasteiger partial charge in [0, 0.05) is 13.2 Å². The summed E-state index contributed by atoms with van der Waals surface area (Å²) in [6.07, 6.45) is 2.51. The maximum atomic E-state index is 14.0. The predicted octanol–water partition coefficient (Wildman–Crippen LogP) is 5.09. The molecule has 0 unspecified atom stereocenters. The summed E-state index contributed by atoms with van der Waals surface area (Å²) in [6.45, 7) is 5.75. The number of benzene rings is 2. The molecule has 0 saturated carbocycles. The summed E-state index contributed by atoms with van der Waals surface area (Å²) < 4.78 is 37.2. The minimum absolute atomic E-state index is 0.0154. The van der Waals surface area contributed by atoms with Crippen molar-refractivity contribution in [3.8, 4) is 11.5 Å². The van der Waals surface area contributed by atoms with Gasteiger partial charge in [-0.15, -0.1) is 0 Å². The number of hydrogen-bond donors (Lipinski definition) is 0. The lowest BCUT2D eigenvalue weighted by Crippen LogP contribution is -2.36. The Kier molecular flexibility index (Phi) is 6.71. The highest BCUT2D eigenvalue weighted by Gasteiger charge is 2.44. The average Bonchev–Trinajstić information content (AvgIpc) is 3.47. The van der Waals surface area contributed by atoms with Crippen molar-refractivity contribution in [3.63, 3.8) is 0 Å². The van der Waals surface area contributed by atoms with Crippen LogP contribution < -0.4 is 14.9 Å². The van der Waals surface area contributed by atoms with Crippen LogP contribution in [0.25, 0.3) is 11.0 Å². The molecule has 2 atom stereocenters. The normalized spacial score (nSPS) is 19.4. The number of nitrogens with zero attached hydrogens (tertiary/aromatic N) is 1. The van der Waals surface area contributed by atoms with E-state index < -0.39 is 17.3 Å². The Morgan fingerprint density at radius 1 is 1.14 bits per heavy atom. The van der Waals surface area contributed by atoms with E-state index in [4.69, 9.17) is 18.6 Å². The summed E-state index contributed by atoms with van der Waals surface area (Å²) >= 11 is 0. The molecule has 1 amide bonds. The minimum Gasteiger partial charge on any atom is -0.493 e. The summed E-state index contributed by atoms with van der Waals surface area (Å²) in [6, 6.07) is 8.43. The van der Waals surface area contributed by atoms with Crippen molar-refractivity contribution < 1.29 is 27.8 Å². The second kappa shape index (κ2) is 9.93. The number of fused-ring (bicyclic) bond motifs is 2. The Hall–Kier alpha value is -3.39. The molecule has 0 aliphatic carbocycles. The van der Waals surface area contributed by atoms with Crippen molar-refractivity contribution in [1.29, 1.82) is 0 Å². The molecular weight excluding hydrogens is 465 g/mol. The molecule has 0 bridgehead atoms. The predicted molar refractivity (Wildman–Crippen MR) is 132 cm³/mol. The van der Waals surface area contributed by atoms with E-state index in [2.05, 4.69) is 13.8 Å². The maximum absolute atomic E-state index is 14.0. The second-order valence-electron chi connectivity index (χ2n) is 9.75. The highest BCUT2D eigenvalue weighted by molar-refractivity contribution is 5.99. The van der Waals surface area contributed by atoms with E-state index in [0.29, 0.717) is 42.7 Å². The maximum Gasteiger partial charge on any atom is 0.291 e. The molecule has 8 heteroatoms. The van der Waals surface area contributed by atoms with Crippen LogP contribution in [-0.4, -0.2) is 43.8 Å². The third kappa shape index (κ3) is 4.46. The molecule has 2 aliphatic rings. The SMILES string of the molecule is COc1cc([C@@H]2c3c(oc4ccc(F)cc4c3=O)C(=O)N2C[C@@H]2CCCO2)ccc1OCCC(C)C. The molecule has 0 radical (unpaired) electrons. The molecule has 2 aromatic carbocycles. The van der Waals surface area contributed by atoms with E-state index in [1.165, 1.54) is 12.1 Å². The van der Waals surface area contributed by atoms with Gasteiger partial charge in [-0.05, 0) is 61.1 Å². The van der Waals surface area contributed by atoms with Crippen molar-refractivity contribution in [2.45, 2.75) is 45.3 Å². The first-order valence-corrected chi connectivity index (χ1v) is 12.4. The smallest absolute Gasteiger partial charge is 0.291 e. The molecule has 5 rings (SSSR count). The highest BCUT2D eigenvalue weighted by Crippen LogP contribution is 2.41. The van der Waals surface area contributed by atoms with Crippen LogP contribution >= 0.6 is 0 Å². The lowest BCUT2D eigenvalue weighted by molar-refractivity contribution is 0.0486. The first-order valence-electron chi connectivity index (χ1n) is 12.4. The topological polar surface area (TPSA) is 78.2 Å². The Bertz CT molecular complexity index is 1340. The van der Waals surface area contributed by atoms with E-state index in [1.54, 1.807) is 24.1 Å². The molecule has 3 aromatic rings.